The van der Waals surface area contributed by atoms with Crippen LogP contribution < -0.4 is 5.32 Å². The van der Waals surface area contributed by atoms with Crippen LogP contribution >= 0.6 is 12.4 Å². The van der Waals surface area contributed by atoms with Gasteiger partial charge in [-0.3, -0.25) is 9.78 Å². The molecule has 3 aromatic rings. The van der Waals surface area contributed by atoms with Crippen molar-refractivity contribution in [3.05, 3.63) is 59.7 Å². The fourth-order valence-electron chi connectivity index (χ4n) is 1.98. The maximum Gasteiger partial charge on any atom is 0.253 e. The summed E-state index contributed by atoms with van der Waals surface area (Å²) in [5, 5.41) is 2.85. The molecule has 0 aliphatic rings. The molecule has 0 fully saturated rings. The Balaban J connectivity index is 0.00000161. The Bertz CT molecular complexity index is 756. The lowest BCUT2D eigenvalue weighted by Crippen LogP contribution is -2.22. The number of oxazole rings is 1. The molecule has 0 bridgehead atoms. The second-order valence-electron chi connectivity index (χ2n) is 4.46. The van der Waals surface area contributed by atoms with Crippen LogP contribution in [0.15, 0.2) is 47.1 Å². The van der Waals surface area contributed by atoms with Gasteiger partial charge in [0.15, 0.2) is 11.5 Å². The van der Waals surface area contributed by atoms with Crippen LogP contribution in [0.25, 0.3) is 11.1 Å². The number of pyridine rings is 1. The van der Waals surface area contributed by atoms with Crippen LogP contribution in [0.4, 0.5) is 0 Å². The van der Waals surface area contributed by atoms with Gasteiger partial charge in [-0.05, 0) is 29.8 Å². The molecule has 2 heterocycles. The van der Waals surface area contributed by atoms with Gasteiger partial charge in [0, 0.05) is 25.9 Å². The molecule has 0 aliphatic carbocycles. The highest BCUT2D eigenvalue weighted by atomic mass is 35.5. The van der Waals surface area contributed by atoms with Crippen molar-refractivity contribution in [3.8, 4) is 0 Å². The van der Waals surface area contributed by atoms with Crippen molar-refractivity contribution < 1.29 is 9.21 Å². The van der Waals surface area contributed by atoms with Gasteiger partial charge in [-0.25, -0.2) is 4.98 Å². The number of nitrogens with zero attached hydrogens (tertiary/aromatic N) is 2. The lowest BCUT2D eigenvalue weighted by Gasteiger charge is -2.04. The number of aryl methyl sites for hydroxylation is 1. The molecule has 0 unspecified atom stereocenters. The lowest BCUT2D eigenvalue weighted by molar-refractivity contribution is 0.0950. The smallest absolute Gasteiger partial charge is 0.253 e. The minimum absolute atomic E-state index is 0. The highest BCUT2D eigenvalue weighted by Crippen LogP contribution is 2.16. The van der Waals surface area contributed by atoms with E-state index in [1.807, 2.05) is 25.1 Å². The highest BCUT2D eigenvalue weighted by molar-refractivity contribution is 5.93. The van der Waals surface area contributed by atoms with Gasteiger partial charge in [-0.15, -0.1) is 12.4 Å². The average Bonchev–Trinajstić information content (AvgIpc) is 2.85. The Morgan fingerprint density at radius 2 is 2.19 bits per heavy atom. The standard InChI is InChI=1S/C15H13N3O2.ClH/c1-10-18-13-5-4-11(7-14(13)20-10)8-17-15(19)12-3-2-6-16-9-12;/h2-7,9H,8H2,1H3,(H,17,19);1H. The molecule has 0 atom stereocenters. The topological polar surface area (TPSA) is 68.0 Å². The zero-order valence-corrected chi connectivity index (χ0v) is 12.2. The number of carbonyl (C=O) groups is 1. The van der Waals surface area contributed by atoms with Crippen molar-refractivity contribution in [2.45, 2.75) is 13.5 Å². The van der Waals surface area contributed by atoms with Crippen molar-refractivity contribution in [2.24, 2.45) is 0 Å². The summed E-state index contributed by atoms with van der Waals surface area (Å²) >= 11 is 0. The number of fused-ring (bicyclic) bond motifs is 1. The molecular formula is C15H14ClN3O2. The normalized spacial score (nSPS) is 10.1. The van der Waals surface area contributed by atoms with E-state index in [2.05, 4.69) is 15.3 Å². The first kappa shape index (κ1) is 15.0. The summed E-state index contributed by atoms with van der Waals surface area (Å²) in [6.07, 6.45) is 3.18. The number of nitrogens with one attached hydrogen (secondary N) is 1. The quantitative estimate of drug-likeness (QED) is 0.808. The number of halogens is 1. The molecule has 0 aliphatic heterocycles. The van der Waals surface area contributed by atoms with Crippen LogP contribution in [0.3, 0.4) is 0 Å². The second-order valence-corrected chi connectivity index (χ2v) is 4.46. The first-order valence-corrected chi connectivity index (χ1v) is 6.27. The third-order valence-electron chi connectivity index (χ3n) is 2.94. The van der Waals surface area contributed by atoms with Crippen molar-refractivity contribution in [3.63, 3.8) is 0 Å². The maximum atomic E-state index is 11.9. The van der Waals surface area contributed by atoms with Crippen LogP contribution in [0.1, 0.15) is 21.8 Å². The molecule has 6 heteroatoms. The molecule has 0 saturated carbocycles. The summed E-state index contributed by atoms with van der Waals surface area (Å²) in [5.41, 5.74) is 3.07. The van der Waals surface area contributed by atoms with E-state index in [-0.39, 0.29) is 18.3 Å². The summed E-state index contributed by atoms with van der Waals surface area (Å²) in [5.74, 6) is 0.489. The third-order valence-corrected chi connectivity index (χ3v) is 2.94. The fourth-order valence-corrected chi connectivity index (χ4v) is 1.98. The van der Waals surface area contributed by atoms with E-state index in [0.717, 1.165) is 16.7 Å². The van der Waals surface area contributed by atoms with Crippen molar-refractivity contribution >= 4 is 29.4 Å². The lowest BCUT2D eigenvalue weighted by atomic mass is 10.2. The van der Waals surface area contributed by atoms with Crippen LogP contribution in [-0.2, 0) is 6.54 Å². The van der Waals surface area contributed by atoms with Gasteiger partial charge in [0.25, 0.3) is 5.91 Å². The maximum absolute atomic E-state index is 11.9. The van der Waals surface area contributed by atoms with Crippen LogP contribution in [0, 0.1) is 6.92 Å². The van der Waals surface area contributed by atoms with Gasteiger partial charge in [0.05, 0.1) is 5.56 Å². The summed E-state index contributed by atoms with van der Waals surface area (Å²) in [4.78, 5) is 20.1. The predicted molar refractivity (Wildman–Crippen MR) is 81.4 cm³/mol. The third kappa shape index (κ3) is 3.38. The minimum atomic E-state index is -0.146. The zero-order valence-electron chi connectivity index (χ0n) is 11.4. The predicted octanol–water partition coefficient (Wildman–Crippen LogP) is 2.88. The molecular weight excluding hydrogens is 290 g/mol. The first-order valence-electron chi connectivity index (χ1n) is 6.27. The SMILES string of the molecule is Cc1nc2ccc(CNC(=O)c3cccnc3)cc2o1.Cl. The Morgan fingerprint density at radius 3 is 2.95 bits per heavy atom. The minimum Gasteiger partial charge on any atom is -0.441 e. The number of benzene rings is 1. The van der Waals surface area contributed by atoms with E-state index in [9.17, 15) is 4.79 Å². The number of hydrogen-bond donors (Lipinski definition) is 1. The Kier molecular flexibility index (Phi) is 4.55. The van der Waals surface area contributed by atoms with Crippen molar-refractivity contribution in [1.82, 2.24) is 15.3 Å². The van der Waals surface area contributed by atoms with Gasteiger partial charge >= 0.3 is 0 Å². The highest BCUT2D eigenvalue weighted by Gasteiger charge is 2.06. The van der Waals surface area contributed by atoms with Crippen LogP contribution in [0.2, 0.25) is 0 Å². The fraction of sp³-hybridized carbons (Fsp3) is 0.133. The first-order chi connectivity index (χ1) is 9.72. The van der Waals surface area contributed by atoms with E-state index in [1.54, 1.807) is 24.5 Å². The van der Waals surface area contributed by atoms with Crippen LogP contribution in [0.5, 0.6) is 0 Å². The monoisotopic (exact) mass is 303 g/mol. The van der Waals surface area contributed by atoms with Gasteiger partial charge in [-0.2, -0.15) is 0 Å². The van der Waals surface area contributed by atoms with Gasteiger partial charge in [0.2, 0.25) is 0 Å². The summed E-state index contributed by atoms with van der Waals surface area (Å²) in [6.45, 7) is 2.24. The Morgan fingerprint density at radius 1 is 1.33 bits per heavy atom. The van der Waals surface area contributed by atoms with Gasteiger partial charge < -0.3 is 9.73 Å². The number of carbonyl (C=O) groups excluding carboxylic acids is 1. The van der Waals surface area contributed by atoms with Gasteiger partial charge in [-0.1, -0.05) is 6.07 Å². The molecule has 0 saturated heterocycles. The Hall–Kier alpha value is -2.40. The molecule has 1 N–H and O–H groups in total. The number of rotatable bonds is 3. The average molecular weight is 304 g/mol. The van der Waals surface area contributed by atoms with Crippen molar-refractivity contribution in [2.75, 3.05) is 0 Å². The second kappa shape index (κ2) is 6.37. The zero-order chi connectivity index (χ0) is 13.9. The molecule has 21 heavy (non-hydrogen) atoms. The molecule has 2 aromatic heterocycles. The van der Waals surface area contributed by atoms with E-state index in [4.69, 9.17) is 4.42 Å². The molecule has 108 valence electrons. The molecule has 0 radical (unpaired) electrons. The summed E-state index contributed by atoms with van der Waals surface area (Å²) < 4.78 is 5.47. The Labute approximate surface area is 127 Å². The molecule has 1 amide bonds. The van der Waals surface area contributed by atoms with E-state index >= 15 is 0 Å². The number of amides is 1. The van der Waals surface area contributed by atoms with E-state index in [0.29, 0.717) is 18.0 Å². The van der Waals surface area contributed by atoms with Crippen LogP contribution in [-0.4, -0.2) is 15.9 Å². The van der Waals surface area contributed by atoms with Gasteiger partial charge in [0.1, 0.15) is 5.52 Å². The molecule has 5 nitrogen and oxygen atoms in total. The van der Waals surface area contributed by atoms with Crippen molar-refractivity contribution in [1.29, 1.82) is 0 Å². The largest absolute Gasteiger partial charge is 0.441 e. The summed E-state index contributed by atoms with van der Waals surface area (Å²) in [7, 11) is 0. The number of hydrogen-bond acceptors (Lipinski definition) is 4. The molecule has 3 rings (SSSR count). The van der Waals surface area contributed by atoms with E-state index in [1.165, 1.54) is 0 Å². The molecule has 1 aromatic carbocycles. The molecule has 0 spiro atoms. The number of aromatic nitrogens is 2. The van der Waals surface area contributed by atoms with E-state index < -0.39 is 0 Å². The summed E-state index contributed by atoms with van der Waals surface area (Å²) in [6, 6.07) is 9.16.